The van der Waals surface area contributed by atoms with Crippen LogP contribution in [0.4, 0.5) is 5.69 Å². The molecule has 0 aliphatic carbocycles. The number of nitrogens with one attached hydrogen (secondary N) is 1. The minimum absolute atomic E-state index is 0.244. The minimum atomic E-state index is 0.244. The molecular formula is C18H22INO. The lowest BCUT2D eigenvalue weighted by Gasteiger charge is -2.18. The van der Waals surface area contributed by atoms with Crippen LogP contribution in [-0.2, 0) is 0 Å². The zero-order valence-corrected chi connectivity index (χ0v) is 14.9. The Bertz CT molecular complexity index is 568. The topological polar surface area (TPSA) is 21.3 Å². The molecule has 2 atom stereocenters. The van der Waals surface area contributed by atoms with Gasteiger partial charge in [-0.05, 0) is 72.7 Å². The van der Waals surface area contributed by atoms with E-state index in [0.717, 1.165) is 17.9 Å². The van der Waals surface area contributed by atoms with Gasteiger partial charge in [0.1, 0.15) is 5.75 Å². The molecule has 0 heterocycles. The maximum absolute atomic E-state index is 5.87. The summed E-state index contributed by atoms with van der Waals surface area (Å²) in [6.45, 7) is 6.39. The number of benzene rings is 2. The molecule has 2 aromatic carbocycles. The SMILES string of the molecule is CCC(C)Oc1cccc(NC(C)c2ccc(I)cc2)c1. The molecule has 2 unspecified atom stereocenters. The van der Waals surface area contributed by atoms with E-state index in [1.165, 1.54) is 9.13 Å². The Balaban J connectivity index is 2.05. The van der Waals surface area contributed by atoms with Crippen LogP contribution in [-0.4, -0.2) is 6.10 Å². The predicted octanol–water partition coefficient (Wildman–Crippen LogP) is 5.64. The molecule has 2 aromatic rings. The van der Waals surface area contributed by atoms with Crippen molar-refractivity contribution in [2.24, 2.45) is 0 Å². The van der Waals surface area contributed by atoms with Crippen LogP contribution in [0.15, 0.2) is 48.5 Å². The summed E-state index contributed by atoms with van der Waals surface area (Å²) in [7, 11) is 0. The lowest BCUT2D eigenvalue weighted by Crippen LogP contribution is -2.10. The molecule has 112 valence electrons. The van der Waals surface area contributed by atoms with E-state index in [1.54, 1.807) is 0 Å². The van der Waals surface area contributed by atoms with Crippen LogP contribution >= 0.6 is 22.6 Å². The molecule has 0 saturated carbocycles. The van der Waals surface area contributed by atoms with E-state index in [-0.39, 0.29) is 12.1 Å². The predicted molar refractivity (Wildman–Crippen MR) is 98.0 cm³/mol. The van der Waals surface area contributed by atoms with Gasteiger partial charge in [0.05, 0.1) is 6.10 Å². The maximum atomic E-state index is 5.87. The Hall–Kier alpha value is -1.23. The number of anilines is 1. The first-order chi connectivity index (χ1) is 10.1. The van der Waals surface area contributed by atoms with Crippen LogP contribution in [0.1, 0.15) is 38.8 Å². The molecule has 3 heteroatoms. The van der Waals surface area contributed by atoms with Gasteiger partial charge >= 0.3 is 0 Å². The molecule has 0 radical (unpaired) electrons. The van der Waals surface area contributed by atoms with Crippen molar-refractivity contribution in [1.82, 2.24) is 0 Å². The third kappa shape index (κ3) is 4.92. The van der Waals surface area contributed by atoms with Crippen LogP contribution in [0.5, 0.6) is 5.75 Å². The second-order valence-corrected chi connectivity index (χ2v) is 6.53. The van der Waals surface area contributed by atoms with Crippen molar-refractivity contribution in [2.45, 2.75) is 39.3 Å². The van der Waals surface area contributed by atoms with Crippen molar-refractivity contribution in [3.8, 4) is 5.75 Å². The van der Waals surface area contributed by atoms with Gasteiger partial charge in [-0.15, -0.1) is 0 Å². The minimum Gasteiger partial charge on any atom is -0.491 e. The van der Waals surface area contributed by atoms with Gasteiger partial charge in [0, 0.05) is 21.4 Å². The summed E-state index contributed by atoms with van der Waals surface area (Å²) in [5, 5.41) is 3.53. The standard InChI is InChI=1S/C18H22INO/c1-4-13(2)21-18-7-5-6-17(12-18)20-14(3)15-8-10-16(19)11-9-15/h5-14,20H,4H2,1-3H3. The van der Waals surface area contributed by atoms with Crippen LogP contribution in [0.3, 0.4) is 0 Å². The second-order valence-electron chi connectivity index (χ2n) is 5.28. The fourth-order valence-corrected chi connectivity index (χ4v) is 2.42. The molecule has 0 amide bonds. The van der Waals surface area contributed by atoms with E-state index in [1.807, 2.05) is 12.1 Å². The van der Waals surface area contributed by atoms with Gasteiger partial charge in [-0.25, -0.2) is 0 Å². The number of hydrogen-bond donors (Lipinski definition) is 1. The molecule has 2 nitrogen and oxygen atoms in total. The molecular weight excluding hydrogens is 373 g/mol. The van der Waals surface area contributed by atoms with Gasteiger partial charge in [0.15, 0.2) is 0 Å². The van der Waals surface area contributed by atoms with Crippen LogP contribution in [0.2, 0.25) is 0 Å². The fraction of sp³-hybridized carbons (Fsp3) is 0.333. The van der Waals surface area contributed by atoms with Crippen molar-refractivity contribution < 1.29 is 4.74 Å². The van der Waals surface area contributed by atoms with E-state index in [0.29, 0.717) is 0 Å². The molecule has 0 spiro atoms. The number of ether oxygens (including phenoxy) is 1. The van der Waals surface area contributed by atoms with Crippen molar-refractivity contribution in [3.05, 3.63) is 57.7 Å². The molecule has 2 rings (SSSR count). The maximum Gasteiger partial charge on any atom is 0.121 e. The zero-order valence-electron chi connectivity index (χ0n) is 12.8. The Morgan fingerprint density at radius 2 is 1.81 bits per heavy atom. The molecule has 0 aromatic heterocycles. The van der Waals surface area contributed by atoms with Crippen LogP contribution < -0.4 is 10.1 Å². The summed E-state index contributed by atoms with van der Waals surface area (Å²) in [4.78, 5) is 0. The molecule has 1 N–H and O–H groups in total. The van der Waals surface area contributed by atoms with E-state index in [2.05, 4.69) is 85.1 Å². The molecule has 0 aliphatic rings. The highest BCUT2D eigenvalue weighted by Gasteiger charge is 2.07. The third-order valence-corrected chi connectivity index (χ3v) is 4.22. The molecule has 0 bridgehead atoms. The first-order valence-corrected chi connectivity index (χ1v) is 8.45. The van der Waals surface area contributed by atoms with Crippen LogP contribution in [0.25, 0.3) is 0 Å². The lowest BCUT2D eigenvalue weighted by molar-refractivity contribution is 0.217. The molecule has 0 aliphatic heterocycles. The second kappa shape index (κ2) is 7.69. The van der Waals surface area contributed by atoms with E-state index < -0.39 is 0 Å². The Kier molecular flexibility index (Phi) is 5.91. The van der Waals surface area contributed by atoms with Crippen molar-refractivity contribution >= 4 is 28.3 Å². The third-order valence-electron chi connectivity index (χ3n) is 3.50. The van der Waals surface area contributed by atoms with Crippen molar-refractivity contribution in [2.75, 3.05) is 5.32 Å². The van der Waals surface area contributed by atoms with Crippen molar-refractivity contribution in [3.63, 3.8) is 0 Å². The first-order valence-electron chi connectivity index (χ1n) is 7.37. The van der Waals surface area contributed by atoms with Crippen molar-refractivity contribution in [1.29, 1.82) is 0 Å². The highest BCUT2D eigenvalue weighted by molar-refractivity contribution is 14.1. The molecule has 0 saturated heterocycles. The summed E-state index contributed by atoms with van der Waals surface area (Å²) < 4.78 is 7.12. The zero-order chi connectivity index (χ0) is 15.2. The van der Waals surface area contributed by atoms with Gasteiger partial charge in [-0.3, -0.25) is 0 Å². The Morgan fingerprint density at radius 3 is 2.48 bits per heavy atom. The quantitative estimate of drug-likeness (QED) is 0.639. The summed E-state index contributed by atoms with van der Waals surface area (Å²) in [6.07, 6.45) is 1.25. The van der Waals surface area contributed by atoms with Gasteiger partial charge in [0.25, 0.3) is 0 Å². The first kappa shape index (κ1) is 16.1. The summed E-state index contributed by atoms with van der Waals surface area (Å²) in [5.41, 5.74) is 2.37. The average Bonchev–Trinajstić information content (AvgIpc) is 2.48. The van der Waals surface area contributed by atoms with Gasteiger partial charge in [-0.2, -0.15) is 0 Å². The largest absolute Gasteiger partial charge is 0.491 e. The highest BCUT2D eigenvalue weighted by atomic mass is 127. The number of hydrogen-bond acceptors (Lipinski definition) is 2. The highest BCUT2D eigenvalue weighted by Crippen LogP contribution is 2.24. The van der Waals surface area contributed by atoms with E-state index in [9.17, 15) is 0 Å². The van der Waals surface area contributed by atoms with Crippen LogP contribution in [0, 0.1) is 3.57 Å². The molecule has 21 heavy (non-hydrogen) atoms. The Morgan fingerprint density at radius 1 is 1.10 bits per heavy atom. The average molecular weight is 395 g/mol. The Labute approximate surface area is 141 Å². The van der Waals surface area contributed by atoms with Gasteiger partial charge in [-0.1, -0.05) is 25.1 Å². The summed E-state index contributed by atoms with van der Waals surface area (Å²) >= 11 is 2.33. The fourth-order valence-electron chi connectivity index (χ4n) is 2.06. The van der Waals surface area contributed by atoms with Gasteiger partial charge in [0.2, 0.25) is 0 Å². The smallest absolute Gasteiger partial charge is 0.121 e. The number of halogens is 1. The summed E-state index contributed by atoms with van der Waals surface area (Å²) in [6, 6.07) is 17.0. The molecule has 0 fully saturated rings. The summed E-state index contributed by atoms with van der Waals surface area (Å²) in [5.74, 6) is 0.921. The number of rotatable bonds is 6. The van der Waals surface area contributed by atoms with Gasteiger partial charge < -0.3 is 10.1 Å². The normalized spacial score (nSPS) is 13.5. The monoisotopic (exact) mass is 395 g/mol. The van der Waals surface area contributed by atoms with E-state index >= 15 is 0 Å². The van der Waals surface area contributed by atoms with E-state index in [4.69, 9.17) is 4.74 Å². The lowest BCUT2D eigenvalue weighted by atomic mass is 10.1.